The molecule has 2 aromatic rings. The quantitative estimate of drug-likeness (QED) is 0.657. The molecular formula is C18H19NO4. The maximum atomic E-state index is 11.9. The molecule has 23 heavy (non-hydrogen) atoms. The van der Waals surface area contributed by atoms with E-state index in [0.29, 0.717) is 30.0 Å². The van der Waals surface area contributed by atoms with Gasteiger partial charge in [-0.3, -0.25) is 4.79 Å². The average Bonchev–Trinajstić information content (AvgIpc) is 2.59. The molecule has 1 N–H and O–H groups in total. The molecule has 0 aliphatic heterocycles. The van der Waals surface area contributed by atoms with Gasteiger partial charge in [0.15, 0.2) is 0 Å². The Balaban J connectivity index is 1.75. The second-order valence-electron chi connectivity index (χ2n) is 4.99. The number of hydrogen-bond acceptors (Lipinski definition) is 4. The van der Waals surface area contributed by atoms with E-state index in [2.05, 4.69) is 10.1 Å². The van der Waals surface area contributed by atoms with E-state index >= 15 is 0 Å². The van der Waals surface area contributed by atoms with E-state index in [4.69, 9.17) is 4.74 Å². The third-order valence-electron chi connectivity index (χ3n) is 3.25. The van der Waals surface area contributed by atoms with Crippen molar-refractivity contribution in [2.24, 2.45) is 0 Å². The summed E-state index contributed by atoms with van der Waals surface area (Å²) in [5.41, 5.74) is 2.20. The number of aryl methyl sites for hydroxylation is 1. The SMILES string of the molecule is COC(=O)c1ccc(OCCNC(=O)c2ccc(C)cc2)cc1. The maximum Gasteiger partial charge on any atom is 0.337 e. The van der Waals surface area contributed by atoms with E-state index in [-0.39, 0.29) is 11.9 Å². The molecule has 0 atom stereocenters. The maximum absolute atomic E-state index is 11.9. The largest absolute Gasteiger partial charge is 0.492 e. The summed E-state index contributed by atoms with van der Waals surface area (Å²) in [4.78, 5) is 23.2. The summed E-state index contributed by atoms with van der Waals surface area (Å²) >= 11 is 0. The molecule has 0 radical (unpaired) electrons. The molecule has 120 valence electrons. The van der Waals surface area contributed by atoms with Crippen LogP contribution in [0.15, 0.2) is 48.5 Å². The number of rotatable bonds is 6. The van der Waals surface area contributed by atoms with Gasteiger partial charge in [-0.25, -0.2) is 4.79 Å². The Morgan fingerprint density at radius 1 is 0.957 bits per heavy atom. The van der Waals surface area contributed by atoms with Crippen LogP contribution in [0.25, 0.3) is 0 Å². The van der Waals surface area contributed by atoms with Crippen molar-refractivity contribution in [3.8, 4) is 5.75 Å². The second kappa shape index (κ2) is 7.98. The van der Waals surface area contributed by atoms with E-state index in [9.17, 15) is 9.59 Å². The van der Waals surface area contributed by atoms with Crippen molar-refractivity contribution in [2.75, 3.05) is 20.3 Å². The summed E-state index contributed by atoms with van der Waals surface area (Å²) in [6.45, 7) is 2.71. The van der Waals surface area contributed by atoms with E-state index in [1.165, 1.54) is 7.11 Å². The number of esters is 1. The van der Waals surface area contributed by atoms with Gasteiger partial charge in [0.2, 0.25) is 0 Å². The van der Waals surface area contributed by atoms with Crippen LogP contribution in [0.5, 0.6) is 5.75 Å². The van der Waals surface area contributed by atoms with Crippen LogP contribution in [0.1, 0.15) is 26.3 Å². The van der Waals surface area contributed by atoms with Crippen molar-refractivity contribution in [2.45, 2.75) is 6.92 Å². The van der Waals surface area contributed by atoms with Gasteiger partial charge in [-0.15, -0.1) is 0 Å². The number of carbonyl (C=O) groups excluding carboxylic acids is 2. The van der Waals surface area contributed by atoms with Crippen LogP contribution in [0.3, 0.4) is 0 Å². The van der Waals surface area contributed by atoms with E-state index < -0.39 is 0 Å². The molecule has 0 saturated carbocycles. The van der Waals surface area contributed by atoms with E-state index in [1.54, 1.807) is 36.4 Å². The number of carbonyl (C=O) groups is 2. The normalized spacial score (nSPS) is 10.0. The fourth-order valence-corrected chi connectivity index (χ4v) is 1.95. The minimum absolute atomic E-state index is 0.130. The summed E-state index contributed by atoms with van der Waals surface area (Å²) in [5.74, 6) is 0.110. The van der Waals surface area contributed by atoms with Crippen LogP contribution in [0, 0.1) is 6.92 Å². The number of hydrogen-bond donors (Lipinski definition) is 1. The third kappa shape index (κ3) is 4.85. The van der Waals surface area contributed by atoms with Crippen molar-refractivity contribution in [1.82, 2.24) is 5.32 Å². The summed E-state index contributed by atoms with van der Waals surface area (Å²) < 4.78 is 10.1. The number of amides is 1. The molecule has 0 fully saturated rings. The predicted octanol–water partition coefficient (Wildman–Crippen LogP) is 2.59. The molecule has 2 rings (SSSR count). The molecule has 1 amide bonds. The minimum Gasteiger partial charge on any atom is -0.492 e. The zero-order chi connectivity index (χ0) is 16.7. The third-order valence-corrected chi connectivity index (χ3v) is 3.25. The van der Waals surface area contributed by atoms with E-state index in [0.717, 1.165) is 5.56 Å². The summed E-state index contributed by atoms with van der Waals surface area (Å²) in [6, 6.07) is 14.0. The van der Waals surface area contributed by atoms with Crippen LogP contribution < -0.4 is 10.1 Å². The van der Waals surface area contributed by atoms with Gasteiger partial charge in [0.1, 0.15) is 12.4 Å². The molecule has 5 nitrogen and oxygen atoms in total. The first kappa shape index (κ1) is 16.5. The number of methoxy groups -OCH3 is 1. The Kier molecular flexibility index (Phi) is 5.74. The number of ether oxygens (including phenoxy) is 2. The lowest BCUT2D eigenvalue weighted by Gasteiger charge is -2.08. The summed E-state index contributed by atoms with van der Waals surface area (Å²) in [5, 5.41) is 2.79. The average molecular weight is 313 g/mol. The van der Waals surface area contributed by atoms with Crippen molar-refractivity contribution < 1.29 is 19.1 Å². The molecule has 0 heterocycles. The topological polar surface area (TPSA) is 64.6 Å². The van der Waals surface area contributed by atoms with Crippen LogP contribution in [0.4, 0.5) is 0 Å². The van der Waals surface area contributed by atoms with Crippen molar-refractivity contribution >= 4 is 11.9 Å². The number of benzene rings is 2. The van der Waals surface area contributed by atoms with Gasteiger partial charge in [-0.1, -0.05) is 17.7 Å². The minimum atomic E-state index is -0.387. The van der Waals surface area contributed by atoms with Gasteiger partial charge >= 0.3 is 5.97 Å². The van der Waals surface area contributed by atoms with Crippen LogP contribution >= 0.6 is 0 Å². The molecule has 2 aromatic carbocycles. The Bertz CT molecular complexity index is 662. The van der Waals surface area contributed by atoms with Crippen molar-refractivity contribution in [1.29, 1.82) is 0 Å². The zero-order valence-electron chi connectivity index (χ0n) is 13.2. The first-order valence-electron chi connectivity index (χ1n) is 7.26. The summed E-state index contributed by atoms with van der Waals surface area (Å²) in [7, 11) is 1.34. The lowest BCUT2D eigenvalue weighted by atomic mass is 10.1. The predicted molar refractivity (Wildman–Crippen MR) is 86.8 cm³/mol. The molecular weight excluding hydrogens is 294 g/mol. The molecule has 0 unspecified atom stereocenters. The second-order valence-corrected chi connectivity index (χ2v) is 4.99. The van der Waals surface area contributed by atoms with Crippen molar-refractivity contribution in [3.63, 3.8) is 0 Å². The van der Waals surface area contributed by atoms with Crippen LogP contribution in [-0.4, -0.2) is 32.1 Å². The smallest absolute Gasteiger partial charge is 0.337 e. The Hall–Kier alpha value is -2.82. The van der Waals surface area contributed by atoms with Gasteiger partial charge < -0.3 is 14.8 Å². The Labute approximate surface area is 135 Å². The molecule has 0 aromatic heterocycles. The molecule has 0 spiro atoms. The van der Waals surface area contributed by atoms with E-state index in [1.807, 2.05) is 19.1 Å². The van der Waals surface area contributed by atoms with Gasteiger partial charge in [0.25, 0.3) is 5.91 Å². The first-order valence-corrected chi connectivity index (χ1v) is 7.26. The van der Waals surface area contributed by atoms with Gasteiger partial charge in [0.05, 0.1) is 19.2 Å². The fourth-order valence-electron chi connectivity index (χ4n) is 1.95. The molecule has 0 aliphatic rings. The highest BCUT2D eigenvalue weighted by Gasteiger charge is 2.06. The highest BCUT2D eigenvalue weighted by atomic mass is 16.5. The fraction of sp³-hybridized carbons (Fsp3) is 0.222. The first-order chi connectivity index (χ1) is 11.1. The zero-order valence-corrected chi connectivity index (χ0v) is 13.2. The monoisotopic (exact) mass is 313 g/mol. The highest BCUT2D eigenvalue weighted by molar-refractivity contribution is 5.94. The highest BCUT2D eigenvalue weighted by Crippen LogP contribution is 2.12. The molecule has 0 bridgehead atoms. The lowest BCUT2D eigenvalue weighted by Crippen LogP contribution is -2.28. The standard InChI is InChI=1S/C18H19NO4/c1-13-3-5-14(6-4-13)17(20)19-11-12-23-16-9-7-15(8-10-16)18(21)22-2/h3-10H,11-12H2,1-2H3,(H,19,20). The van der Waals surface area contributed by atoms with Gasteiger partial charge in [-0.05, 0) is 43.3 Å². The lowest BCUT2D eigenvalue weighted by molar-refractivity contribution is 0.0600. The van der Waals surface area contributed by atoms with Crippen LogP contribution in [-0.2, 0) is 4.74 Å². The van der Waals surface area contributed by atoms with Crippen LogP contribution in [0.2, 0.25) is 0 Å². The Morgan fingerprint density at radius 3 is 2.17 bits per heavy atom. The summed E-state index contributed by atoms with van der Waals surface area (Å²) in [6.07, 6.45) is 0. The van der Waals surface area contributed by atoms with Gasteiger partial charge in [-0.2, -0.15) is 0 Å². The molecule has 5 heteroatoms. The Morgan fingerprint density at radius 2 is 1.57 bits per heavy atom. The molecule has 0 saturated heterocycles. The number of nitrogens with one attached hydrogen (secondary N) is 1. The molecule has 0 aliphatic carbocycles. The van der Waals surface area contributed by atoms with Crippen molar-refractivity contribution in [3.05, 3.63) is 65.2 Å². The van der Waals surface area contributed by atoms with Gasteiger partial charge in [0, 0.05) is 5.56 Å².